The van der Waals surface area contributed by atoms with E-state index in [1.165, 1.54) is 11.1 Å². The second kappa shape index (κ2) is 8.46. The summed E-state index contributed by atoms with van der Waals surface area (Å²) in [5.74, 6) is 1.39. The van der Waals surface area contributed by atoms with Crippen molar-refractivity contribution in [2.24, 2.45) is 7.05 Å². The van der Waals surface area contributed by atoms with Crippen molar-refractivity contribution in [2.75, 3.05) is 31.6 Å². The molecule has 0 saturated carbocycles. The SMILES string of the molecule is Cc1cc(-c2cc(Nc3ccn(C)n3)nc3[nH]c(C#N)cc23)ccc1CN1CCOCC1. The molecule has 0 bridgehead atoms. The number of pyridine rings is 1. The van der Waals surface area contributed by atoms with Crippen LogP contribution in [-0.2, 0) is 18.3 Å². The lowest BCUT2D eigenvalue weighted by molar-refractivity contribution is 0.0341. The molecule has 3 aromatic heterocycles. The van der Waals surface area contributed by atoms with E-state index in [4.69, 9.17) is 4.74 Å². The molecule has 32 heavy (non-hydrogen) atoms. The highest BCUT2D eigenvalue weighted by Crippen LogP contribution is 2.33. The standard InChI is InChI=1S/C24H25N7O/c1-16-11-17(3-4-18(16)15-31-7-9-32-10-8-31)20-13-23(27-22-5-6-30(2)29-22)28-24-21(20)12-19(14-25)26-24/h3-6,11-13H,7-10,15H2,1-2H3,(H2,26,27,28,29). The van der Waals surface area contributed by atoms with Crippen LogP contribution in [0.4, 0.5) is 11.6 Å². The molecule has 1 aliphatic heterocycles. The van der Waals surface area contributed by atoms with Crippen LogP contribution in [0.2, 0.25) is 0 Å². The maximum absolute atomic E-state index is 9.39. The number of aromatic amines is 1. The van der Waals surface area contributed by atoms with Gasteiger partial charge in [-0.2, -0.15) is 10.4 Å². The molecule has 1 fully saturated rings. The summed E-state index contributed by atoms with van der Waals surface area (Å²) in [6.07, 6.45) is 1.88. The van der Waals surface area contributed by atoms with Crippen molar-refractivity contribution in [3.8, 4) is 17.2 Å². The molecule has 5 rings (SSSR count). The largest absolute Gasteiger partial charge is 0.379 e. The van der Waals surface area contributed by atoms with Gasteiger partial charge < -0.3 is 15.0 Å². The van der Waals surface area contributed by atoms with Crippen LogP contribution in [0.3, 0.4) is 0 Å². The molecule has 4 aromatic rings. The van der Waals surface area contributed by atoms with Crippen molar-refractivity contribution >= 4 is 22.7 Å². The van der Waals surface area contributed by atoms with E-state index in [-0.39, 0.29) is 0 Å². The Morgan fingerprint density at radius 1 is 1.16 bits per heavy atom. The second-order valence-electron chi connectivity index (χ2n) is 8.14. The Kier molecular flexibility index (Phi) is 5.35. The summed E-state index contributed by atoms with van der Waals surface area (Å²) < 4.78 is 7.20. The number of benzene rings is 1. The highest BCUT2D eigenvalue weighted by atomic mass is 16.5. The molecule has 8 heteroatoms. The number of nitrogens with one attached hydrogen (secondary N) is 2. The van der Waals surface area contributed by atoms with Crippen molar-refractivity contribution in [1.29, 1.82) is 5.26 Å². The van der Waals surface area contributed by atoms with Gasteiger partial charge in [-0.15, -0.1) is 0 Å². The summed E-state index contributed by atoms with van der Waals surface area (Å²) >= 11 is 0. The van der Waals surface area contributed by atoms with Gasteiger partial charge in [0.2, 0.25) is 0 Å². The summed E-state index contributed by atoms with van der Waals surface area (Å²) in [5.41, 5.74) is 5.84. The number of nitrogens with zero attached hydrogens (tertiary/aromatic N) is 5. The quantitative estimate of drug-likeness (QED) is 0.504. The highest BCUT2D eigenvalue weighted by Gasteiger charge is 2.15. The van der Waals surface area contributed by atoms with E-state index in [9.17, 15) is 5.26 Å². The van der Waals surface area contributed by atoms with E-state index in [1.807, 2.05) is 31.4 Å². The molecule has 0 radical (unpaired) electrons. The number of H-pyrrole nitrogens is 1. The fourth-order valence-electron chi connectivity index (χ4n) is 4.12. The zero-order chi connectivity index (χ0) is 22.1. The molecule has 1 aromatic carbocycles. The first kappa shape index (κ1) is 20.2. The summed E-state index contributed by atoms with van der Waals surface area (Å²) in [7, 11) is 1.87. The minimum atomic E-state index is 0.490. The van der Waals surface area contributed by atoms with Crippen molar-refractivity contribution in [3.05, 3.63) is 59.4 Å². The van der Waals surface area contributed by atoms with Crippen LogP contribution < -0.4 is 5.32 Å². The van der Waals surface area contributed by atoms with Crippen LogP contribution in [0.15, 0.2) is 42.6 Å². The van der Waals surface area contributed by atoms with Gasteiger partial charge in [0.1, 0.15) is 23.2 Å². The van der Waals surface area contributed by atoms with Gasteiger partial charge >= 0.3 is 0 Å². The maximum Gasteiger partial charge on any atom is 0.153 e. The number of anilines is 2. The number of hydrogen-bond donors (Lipinski definition) is 2. The summed E-state index contributed by atoms with van der Waals surface area (Å²) in [6, 6.07) is 14.5. The first-order valence-electron chi connectivity index (χ1n) is 10.7. The monoisotopic (exact) mass is 427 g/mol. The molecule has 0 atom stereocenters. The Hall–Kier alpha value is -3.67. The normalized spacial score (nSPS) is 14.5. The molecular formula is C24H25N7O. The zero-order valence-corrected chi connectivity index (χ0v) is 18.2. The average molecular weight is 428 g/mol. The molecule has 4 heterocycles. The lowest BCUT2D eigenvalue weighted by Crippen LogP contribution is -2.35. The van der Waals surface area contributed by atoms with Crippen molar-refractivity contribution in [2.45, 2.75) is 13.5 Å². The van der Waals surface area contributed by atoms with Gasteiger partial charge in [0.15, 0.2) is 5.82 Å². The Morgan fingerprint density at radius 2 is 2.00 bits per heavy atom. The number of morpholine rings is 1. The maximum atomic E-state index is 9.39. The van der Waals surface area contributed by atoms with Gasteiger partial charge in [-0.25, -0.2) is 4.98 Å². The lowest BCUT2D eigenvalue weighted by Gasteiger charge is -2.27. The molecular weight excluding hydrogens is 402 g/mol. The number of rotatable bonds is 5. The third-order valence-electron chi connectivity index (χ3n) is 5.84. The second-order valence-corrected chi connectivity index (χ2v) is 8.14. The third kappa shape index (κ3) is 4.08. The van der Waals surface area contributed by atoms with E-state index in [0.717, 1.165) is 55.2 Å². The zero-order valence-electron chi connectivity index (χ0n) is 18.2. The van der Waals surface area contributed by atoms with Gasteiger partial charge in [-0.1, -0.05) is 18.2 Å². The molecule has 0 spiro atoms. The molecule has 0 unspecified atom stereocenters. The minimum absolute atomic E-state index is 0.490. The lowest BCUT2D eigenvalue weighted by atomic mass is 9.98. The number of hydrogen-bond acceptors (Lipinski definition) is 6. The Labute approximate surface area is 186 Å². The minimum Gasteiger partial charge on any atom is -0.379 e. The smallest absolute Gasteiger partial charge is 0.153 e. The van der Waals surface area contributed by atoms with E-state index < -0.39 is 0 Å². The van der Waals surface area contributed by atoms with Gasteiger partial charge in [-0.3, -0.25) is 9.58 Å². The van der Waals surface area contributed by atoms with Crippen LogP contribution in [0.5, 0.6) is 0 Å². The summed E-state index contributed by atoms with van der Waals surface area (Å²) in [5, 5.41) is 18.0. The van der Waals surface area contributed by atoms with Crippen LogP contribution >= 0.6 is 0 Å². The van der Waals surface area contributed by atoms with Crippen LogP contribution in [0.25, 0.3) is 22.2 Å². The molecule has 162 valence electrons. The predicted molar refractivity (Wildman–Crippen MR) is 124 cm³/mol. The third-order valence-corrected chi connectivity index (χ3v) is 5.84. The van der Waals surface area contributed by atoms with Crippen LogP contribution in [0.1, 0.15) is 16.8 Å². The number of fused-ring (bicyclic) bond motifs is 1. The average Bonchev–Trinajstić information content (AvgIpc) is 3.41. The molecule has 1 aliphatic rings. The van der Waals surface area contributed by atoms with Gasteiger partial charge in [0.25, 0.3) is 0 Å². The van der Waals surface area contributed by atoms with E-state index in [2.05, 4.69) is 56.5 Å². The Bertz CT molecular complexity index is 1310. The van der Waals surface area contributed by atoms with E-state index in [1.54, 1.807) is 4.68 Å². The van der Waals surface area contributed by atoms with E-state index in [0.29, 0.717) is 17.2 Å². The van der Waals surface area contributed by atoms with Gasteiger partial charge in [0.05, 0.1) is 13.2 Å². The molecule has 0 amide bonds. The van der Waals surface area contributed by atoms with Crippen molar-refractivity contribution < 1.29 is 4.74 Å². The predicted octanol–water partition coefficient (Wildman–Crippen LogP) is 3.72. The molecule has 8 nitrogen and oxygen atoms in total. The Balaban J connectivity index is 1.52. The number of aryl methyl sites for hydroxylation is 2. The fraction of sp³-hybridized carbons (Fsp3) is 0.292. The fourth-order valence-corrected chi connectivity index (χ4v) is 4.12. The summed E-state index contributed by atoms with van der Waals surface area (Å²) in [4.78, 5) is 10.2. The number of ether oxygens (including phenoxy) is 1. The van der Waals surface area contributed by atoms with E-state index >= 15 is 0 Å². The number of nitriles is 1. The van der Waals surface area contributed by atoms with Crippen molar-refractivity contribution in [3.63, 3.8) is 0 Å². The van der Waals surface area contributed by atoms with Gasteiger partial charge in [-0.05, 0) is 41.3 Å². The van der Waals surface area contributed by atoms with Crippen LogP contribution in [0, 0.1) is 18.3 Å². The molecule has 1 saturated heterocycles. The highest BCUT2D eigenvalue weighted by molar-refractivity contribution is 5.96. The molecule has 2 N–H and O–H groups in total. The van der Waals surface area contributed by atoms with Crippen molar-refractivity contribution in [1.82, 2.24) is 24.6 Å². The summed E-state index contributed by atoms with van der Waals surface area (Å²) in [6.45, 7) is 6.61. The van der Waals surface area contributed by atoms with Crippen LogP contribution in [-0.4, -0.2) is 51.0 Å². The molecule has 0 aliphatic carbocycles. The first-order valence-corrected chi connectivity index (χ1v) is 10.7. The van der Waals surface area contributed by atoms with Gasteiger partial charge in [0, 0.05) is 44.3 Å². The Morgan fingerprint density at radius 3 is 2.72 bits per heavy atom. The number of aromatic nitrogens is 4. The first-order chi connectivity index (χ1) is 15.6. The topological polar surface area (TPSA) is 94.8 Å².